The van der Waals surface area contributed by atoms with Crippen LogP contribution in [0.2, 0.25) is 5.02 Å². The van der Waals surface area contributed by atoms with Gasteiger partial charge in [0.25, 0.3) is 0 Å². The maximum absolute atomic E-state index is 10.8. The molecular weight excluding hydrogens is 230 g/mol. The van der Waals surface area contributed by atoms with E-state index >= 15 is 0 Å². The number of aromatic carboxylic acids is 1. The minimum absolute atomic E-state index is 0.174. The molecular formula is C10H8ClN3O2. The van der Waals surface area contributed by atoms with Gasteiger partial charge in [-0.2, -0.15) is 0 Å². The molecule has 0 aliphatic carbocycles. The van der Waals surface area contributed by atoms with Crippen LogP contribution in [-0.2, 0) is 0 Å². The van der Waals surface area contributed by atoms with E-state index in [1.165, 1.54) is 18.5 Å². The SMILES string of the molecule is Cc1nncn1-c1cc(C(=O)O)ccc1Cl. The summed E-state index contributed by atoms with van der Waals surface area (Å²) in [6.07, 6.45) is 1.49. The molecule has 1 heterocycles. The van der Waals surface area contributed by atoms with Crippen molar-refractivity contribution < 1.29 is 9.90 Å². The van der Waals surface area contributed by atoms with Crippen LogP contribution in [0.15, 0.2) is 24.5 Å². The quantitative estimate of drug-likeness (QED) is 0.867. The number of aromatic nitrogens is 3. The van der Waals surface area contributed by atoms with Crippen molar-refractivity contribution in [2.45, 2.75) is 6.92 Å². The van der Waals surface area contributed by atoms with Crippen LogP contribution < -0.4 is 0 Å². The number of nitrogens with zero attached hydrogens (tertiary/aromatic N) is 3. The third-order valence-corrected chi connectivity index (χ3v) is 2.49. The lowest BCUT2D eigenvalue weighted by Gasteiger charge is -2.07. The summed E-state index contributed by atoms with van der Waals surface area (Å²) in [7, 11) is 0. The van der Waals surface area contributed by atoms with Crippen LogP contribution in [0.3, 0.4) is 0 Å². The van der Waals surface area contributed by atoms with Gasteiger partial charge in [0.15, 0.2) is 0 Å². The van der Waals surface area contributed by atoms with Gasteiger partial charge in [-0.1, -0.05) is 11.6 Å². The molecule has 0 fully saturated rings. The molecule has 0 spiro atoms. The van der Waals surface area contributed by atoms with E-state index in [0.717, 1.165) is 0 Å². The van der Waals surface area contributed by atoms with Crippen LogP contribution in [-0.4, -0.2) is 25.8 Å². The molecule has 0 aliphatic heterocycles. The molecule has 0 saturated carbocycles. The highest BCUT2D eigenvalue weighted by atomic mass is 35.5. The van der Waals surface area contributed by atoms with E-state index in [2.05, 4.69) is 10.2 Å². The van der Waals surface area contributed by atoms with Crippen molar-refractivity contribution in [3.05, 3.63) is 40.9 Å². The normalized spacial score (nSPS) is 10.4. The number of halogens is 1. The van der Waals surface area contributed by atoms with Crippen molar-refractivity contribution in [3.8, 4) is 5.69 Å². The van der Waals surface area contributed by atoms with Crippen LogP contribution in [0.1, 0.15) is 16.2 Å². The van der Waals surface area contributed by atoms with E-state index in [1.807, 2.05) is 0 Å². The standard InChI is InChI=1S/C10H8ClN3O2/c1-6-13-12-5-14(6)9-4-7(10(15)16)2-3-8(9)11/h2-5H,1H3,(H,15,16). The summed E-state index contributed by atoms with van der Waals surface area (Å²) in [4.78, 5) is 10.8. The first-order valence-electron chi connectivity index (χ1n) is 4.49. The van der Waals surface area contributed by atoms with Gasteiger partial charge >= 0.3 is 5.97 Å². The van der Waals surface area contributed by atoms with Gasteiger partial charge in [-0.25, -0.2) is 4.79 Å². The zero-order valence-electron chi connectivity index (χ0n) is 8.38. The van der Waals surface area contributed by atoms with Gasteiger partial charge < -0.3 is 5.11 Å². The minimum Gasteiger partial charge on any atom is -0.478 e. The second-order valence-corrected chi connectivity index (χ2v) is 3.63. The fourth-order valence-corrected chi connectivity index (χ4v) is 1.57. The van der Waals surface area contributed by atoms with E-state index < -0.39 is 5.97 Å². The van der Waals surface area contributed by atoms with Gasteiger partial charge in [0.2, 0.25) is 0 Å². The zero-order valence-corrected chi connectivity index (χ0v) is 9.14. The number of carboxylic acid groups (broad SMARTS) is 1. The van der Waals surface area contributed by atoms with Crippen molar-refractivity contribution in [2.75, 3.05) is 0 Å². The molecule has 6 heteroatoms. The van der Waals surface area contributed by atoms with Crippen molar-refractivity contribution in [1.82, 2.24) is 14.8 Å². The van der Waals surface area contributed by atoms with Gasteiger partial charge in [-0.3, -0.25) is 4.57 Å². The number of carboxylic acids is 1. The van der Waals surface area contributed by atoms with Gasteiger partial charge in [-0.15, -0.1) is 10.2 Å². The Morgan fingerprint density at radius 2 is 2.25 bits per heavy atom. The van der Waals surface area contributed by atoms with Crippen LogP contribution in [0.25, 0.3) is 5.69 Å². The molecule has 2 aromatic rings. The molecule has 0 unspecified atom stereocenters. The minimum atomic E-state index is -0.997. The van der Waals surface area contributed by atoms with Crippen molar-refractivity contribution in [3.63, 3.8) is 0 Å². The fourth-order valence-electron chi connectivity index (χ4n) is 1.36. The first-order valence-corrected chi connectivity index (χ1v) is 4.87. The predicted molar refractivity (Wildman–Crippen MR) is 58.1 cm³/mol. The first-order chi connectivity index (χ1) is 7.59. The Hall–Kier alpha value is -1.88. The third-order valence-electron chi connectivity index (χ3n) is 2.17. The Kier molecular flexibility index (Phi) is 2.62. The molecule has 1 aromatic heterocycles. The van der Waals surface area contributed by atoms with Gasteiger partial charge in [-0.05, 0) is 25.1 Å². The van der Waals surface area contributed by atoms with E-state index in [1.54, 1.807) is 17.6 Å². The Bertz CT molecular complexity index is 551. The second-order valence-electron chi connectivity index (χ2n) is 3.22. The molecule has 1 N–H and O–H groups in total. The molecule has 2 rings (SSSR count). The Morgan fingerprint density at radius 3 is 2.81 bits per heavy atom. The van der Waals surface area contributed by atoms with Crippen LogP contribution in [0, 0.1) is 6.92 Å². The molecule has 82 valence electrons. The van der Waals surface area contributed by atoms with Crippen molar-refractivity contribution in [1.29, 1.82) is 0 Å². The lowest BCUT2D eigenvalue weighted by atomic mass is 10.2. The number of hydrogen-bond donors (Lipinski definition) is 1. The Balaban J connectivity index is 2.60. The topological polar surface area (TPSA) is 68.0 Å². The molecule has 0 radical (unpaired) electrons. The lowest BCUT2D eigenvalue weighted by molar-refractivity contribution is 0.0697. The summed E-state index contributed by atoms with van der Waals surface area (Å²) in [6.45, 7) is 1.76. The van der Waals surface area contributed by atoms with E-state index in [0.29, 0.717) is 16.5 Å². The zero-order chi connectivity index (χ0) is 11.7. The monoisotopic (exact) mass is 237 g/mol. The van der Waals surface area contributed by atoms with E-state index in [4.69, 9.17) is 16.7 Å². The van der Waals surface area contributed by atoms with Gasteiger partial charge in [0, 0.05) is 0 Å². The average molecular weight is 238 g/mol. The summed E-state index contributed by atoms with van der Waals surface area (Å²) >= 11 is 5.99. The van der Waals surface area contributed by atoms with Crippen molar-refractivity contribution >= 4 is 17.6 Å². The third kappa shape index (κ3) is 1.77. The molecule has 5 nitrogen and oxygen atoms in total. The smallest absolute Gasteiger partial charge is 0.335 e. The maximum atomic E-state index is 10.8. The average Bonchev–Trinajstić information content (AvgIpc) is 2.65. The highest BCUT2D eigenvalue weighted by Crippen LogP contribution is 2.22. The van der Waals surface area contributed by atoms with Crippen LogP contribution in [0.5, 0.6) is 0 Å². The van der Waals surface area contributed by atoms with Gasteiger partial charge in [0.1, 0.15) is 12.2 Å². The summed E-state index contributed by atoms with van der Waals surface area (Å²) in [5, 5.41) is 16.9. The molecule has 0 atom stereocenters. The fraction of sp³-hybridized carbons (Fsp3) is 0.100. The molecule has 0 saturated heterocycles. The second kappa shape index (κ2) is 3.94. The number of carbonyl (C=O) groups is 1. The molecule has 16 heavy (non-hydrogen) atoms. The summed E-state index contributed by atoms with van der Waals surface area (Å²) < 4.78 is 1.63. The largest absolute Gasteiger partial charge is 0.478 e. The number of aryl methyl sites for hydroxylation is 1. The van der Waals surface area contributed by atoms with E-state index in [-0.39, 0.29) is 5.56 Å². The number of rotatable bonds is 2. The Morgan fingerprint density at radius 1 is 1.50 bits per heavy atom. The summed E-state index contributed by atoms with van der Waals surface area (Å²) in [5.41, 5.74) is 0.733. The van der Waals surface area contributed by atoms with Crippen LogP contribution in [0.4, 0.5) is 0 Å². The number of benzene rings is 1. The molecule has 0 amide bonds. The highest BCUT2D eigenvalue weighted by molar-refractivity contribution is 6.32. The predicted octanol–water partition coefficient (Wildman–Crippen LogP) is 1.93. The van der Waals surface area contributed by atoms with Crippen molar-refractivity contribution in [2.24, 2.45) is 0 Å². The highest BCUT2D eigenvalue weighted by Gasteiger charge is 2.10. The molecule has 1 aromatic carbocycles. The number of hydrogen-bond acceptors (Lipinski definition) is 3. The lowest BCUT2D eigenvalue weighted by Crippen LogP contribution is -2.01. The first kappa shape index (κ1) is 10.6. The van der Waals surface area contributed by atoms with Gasteiger partial charge in [0.05, 0.1) is 16.3 Å². The Labute approximate surface area is 96.3 Å². The maximum Gasteiger partial charge on any atom is 0.335 e. The summed E-state index contributed by atoms with van der Waals surface area (Å²) in [6, 6.07) is 4.48. The molecule has 0 bridgehead atoms. The molecule has 0 aliphatic rings. The van der Waals surface area contributed by atoms with Crippen LogP contribution >= 0.6 is 11.6 Å². The van der Waals surface area contributed by atoms with E-state index in [9.17, 15) is 4.79 Å². The summed E-state index contributed by atoms with van der Waals surface area (Å²) in [5.74, 6) is -0.354.